The van der Waals surface area contributed by atoms with Crippen LogP contribution in [-0.4, -0.2) is 24.1 Å². The molecule has 0 saturated heterocycles. The van der Waals surface area contributed by atoms with Crippen molar-refractivity contribution in [2.45, 2.75) is 38.9 Å². The fourth-order valence-corrected chi connectivity index (χ4v) is 1.16. The summed E-state index contributed by atoms with van der Waals surface area (Å²) in [5, 5.41) is 12.2. The molecular formula is C11H22N2S. The molecule has 0 aromatic carbocycles. The Hall–Kier alpha value is -0.200. The lowest BCUT2D eigenvalue weighted by Crippen LogP contribution is -2.33. The van der Waals surface area contributed by atoms with E-state index in [9.17, 15) is 0 Å². The number of nitriles is 1. The topological polar surface area (TPSA) is 35.8 Å². The van der Waals surface area contributed by atoms with Crippen molar-refractivity contribution in [3.63, 3.8) is 0 Å². The Morgan fingerprint density at radius 2 is 1.86 bits per heavy atom. The van der Waals surface area contributed by atoms with E-state index in [-0.39, 0.29) is 10.2 Å². The number of nitrogens with zero attached hydrogens (tertiary/aromatic N) is 1. The molecule has 0 saturated carbocycles. The molecular weight excluding hydrogens is 192 g/mol. The van der Waals surface area contributed by atoms with Crippen molar-refractivity contribution in [2.24, 2.45) is 5.41 Å². The molecule has 0 heterocycles. The molecule has 0 radical (unpaired) electrons. The molecule has 0 aliphatic heterocycles. The van der Waals surface area contributed by atoms with E-state index in [1.54, 1.807) is 0 Å². The molecule has 0 amide bonds. The van der Waals surface area contributed by atoms with Crippen molar-refractivity contribution >= 4 is 11.8 Å². The summed E-state index contributed by atoms with van der Waals surface area (Å²) >= 11 is 1.86. The molecule has 0 spiro atoms. The minimum Gasteiger partial charge on any atom is -0.315 e. The van der Waals surface area contributed by atoms with Crippen LogP contribution in [0.5, 0.6) is 0 Å². The first-order valence-corrected chi connectivity index (χ1v) is 6.22. The van der Waals surface area contributed by atoms with Crippen LogP contribution in [0, 0.1) is 16.7 Å². The third-order valence-corrected chi connectivity index (χ3v) is 3.58. The van der Waals surface area contributed by atoms with E-state index in [1.165, 1.54) is 0 Å². The Bertz CT molecular complexity index is 204. The maximum Gasteiger partial charge on any atom is 0.0684 e. The van der Waals surface area contributed by atoms with Gasteiger partial charge in [-0.3, -0.25) is 0 Å². The van der Waals surface area contributed by atoms with Gasteiger partial charge in [0.15, 0.2) is 0 Å². The second kappa shape index (κ2) is 5.63. The first kappa shape index (κ1) is 13.8. The highest BCUT2D eigenvalue weighted by atomic mass is 32.2. The normalized spacial score (nSPS) is 12.6. The molecule has 0 atom stereocenters. The summed E-state index contributed by atoms with van der Waals surface area (Å²) in [6.45, 7) is 10.3. The highest BCUT2D eigenvalue weighted by Gasteiger charge is 2.18. The van der Waals surface area contributed by atoms with Gasteiger partial charge in [0, 0.05) is 11.3 Å². The van der Waals surface area contributed by atoms with Gasteiger partial charge in [-0.15, -0.1) is 0 Å². The zero-order chi connectivity index (χ0) is 11.2. The van der Waals surface area contributed by atoms with Crippen molar-refractivity contribution in [1.29, 1.82) is 5.26 Å². The predicted molar refractivity (Wildman–Crippen MR) is 64.5 cm³/mol. The lowest BCUT2D eigenvalue weighted by atomic mass is 9.91. The Balaban J connectivity index is 3.63. The van der Waals surface area contributed by atoms with E-state index in [0.717, 1.165) is 19.5 Å². The SMILES string of the molecule is CSC(C)(C)CNCCC(C)(C)C#N. The lowest BCUT2D eigenvalue weighted by Gasteiger charge is -2.23. The average molecular weight is 214 g/mol. The number of hydrogen-bond acceptors (Lipinski definition) is 3. The van der Waals surface area contributed by atoms with Gasteiger partial charge in [-0.1, -0.05) is 0 Å². The Labute approximate surface area is 92.5 Å². The summed E-state index contributed by atoms with van der Waals surface area (Å²) in [6, 6.07) is 2.31. The Kier molecular flexibility index (Phi) is 5.54. The molecule has 0 fully saturated rings. The van der Waals surface area contributed by atoms with Crippen LogP contribution in [0.15, 0.2) is 0 Å². The third-order valence-electron chi connectivity index (χ3n) is 2.33. The van der Waals surface area contributed by atoms with Crippen LogP contribution in [0.3, 0.4) is 0 Å². The van der Waals surface area contributed by atoms with Crippen molar-refractivity contribution in [2.75, 3.05) is 19.3 Å². The quantitative estimate of drug-likeness (QED) is 0.691. The molecule has 2 nitrogen and oxygen atoms in total. The van der Waals surface area contributed by atoms with Gasteiger partial charge in [-0.05, 0) is 46.9 Å². The largest absolute Gasteiger partial charge is 0.315 e. The minimum absolute atomic E-state index is 0.198. The fraction of sp³-hybridized carbons (Fsp3) is 0.909. The van der Waals surface area contributed by atoms with Crippen molar-refractivity contribution in [3.05, 3.63) is 0 Å². The van der Waals surface area contributed by atoms with Crippen LogP contribution >= 0.6 is 11.8 Å². The van der Waals surface area contributed by atoms with E-state index in [0.29, 0.717) is 0 Å². The first-order valence-electron chi connectivity index (χ1n) is 5.00. The summed E-state index contributed by atoms with van der Waals surface area (Å²) in [5.41, 5.74) is -0.198. The molecule has 0 aliphatic rings. The van der Waals surface area contributed by atoms with Gasteiger partial charge in [0.1, 0.15) is 0 Å². The van der Waals surface area contributed by atoms with Crippen molar-refractivity contribution in [1.82, 2.24) is 5.32 Å². The number of nitrogens with one attached hydrogen (secondary N) is 1. The van der Waals surface area contributed by atoms with Crippen LogP contribution in [-0.2, 0) is 0 Å². The zero-order valence-electron chi connectivity index (χ0n) is 9.98. The molecule has 0 aliphatic carbocycles. The first-order chi connectivity index (χ1) is 6.33. The van der Waals surface area contributed by atoms with E-state index in [1.807, 2.05) is 25.6 Å². The smallest absolute Gasteiger partial charge is 0.0684 e. The average Bonchev–Trinajstić information content (AvgIpc) is 2.13. The summed E-state index contributed by atoms with van der Waals surface area (Å²) in [5.74, 6) is 0. The second-order valence-corrected chi connectivity index (χ2v) is 6.40. The van der Waals surface area contributed by atoms with Crippen molar-refractivity contribution < 1.29 is 0 Å². The van der Waals surface area contributed by atoms with E-state index in [4.69, 9.17) is 5.26 Å². The molecule has 0 rings (SSSR count). The Morgan fingerprint density at radius 1 is 1.29 bits per heavy atom. The molecule has 0 aromatic rings. The van der Waals surface area contributed by atoms with Crippen LogP contribution in [0.4, 0.5) is 0 Å². The maximum absolute atomic E-state index is 8.82. The molecule has 82 valence electrons. The number of rotatable bonds is 6. The molecule has 0 bridgehead atoms. The second-order valence-electron chi connectivity index (χ2n) is 4.89. The van der Waals surface area contributed by atoms with Gasteiger partial charge in [0.25, 0.3) is 0 Å². The van der Waals surface area contributed by atoms with Gasteiger partial charge < -0.3 is 5.32 Å². The van der Waals surface area contributed by atoms with Crippen LogP contribution in [0.1, 0.15) is 34.1 Å². The van der Waals surface area contributed by atoms with E-state index < -0.39 is 0 Å². The highest BCUT2D eigenvalue weighted by molar-refractivity contribution is 7.99. The summed E-state index contributed by atoms with van der Waals surface area (Å²) in [7, 11) is 0. The standard InChI is InChI=1S/C11H22N2S/c1-10(2,8-12)6-7-13-9-11(3,4)14-5/h13H,6-7,9H2,1-5H3. The van der Waals surface area contributed by atoms with Crippen LogP contribution in [0.2, 0.25) is 0 Å². The van der Waals surface area contributed by atoms with E-state index >= 15 is 0 Å². The number of hydrogen-bond donors (Lipinski definition) is 1. The third kappa shape index (κ3) is 6.28. The predicted octanol–water partition coefficient (Wildman–Crippen LogP) is 2.66. The van der Waals surface area contributed by atoms with Gasteiger partial charge >= 0.3 is 0 Å². The molecule has 14 heavy (non-hydrogen) atoms. The zero-order valence-corrected chi connectivity index (χ0v) is 10.8. The molecule has 0 unspecified atom stereocenters. The monoisotopic (exact) mass is 214 g/mol. The molecule has 3 heteroatoms. The van der Waals surface area contributed by atoms with Gasteiger partial charge in [0.05, 0.1) is 11.5 Å². The van der Waals surface area contributed by atoms with Gasteiger partial charge in [0.2, 0.25) is 0 Å². The molecule has 0 aromatic heterocycles. The summed E-state index contributed by atoms with van der Waals surface area (Å²) < 4.78 is 0.288. The fourth-order valence-electron chi connectivity index (χ4n) is 0.918. The summed E-state index contributed by atoms with van der Waals surface area (Å²) in [6.07, 6.45) is 3.04. The number of thioether (sulfide) groups is 1. The highest BCUT2D eigenvalue weighted by Crippen LogP contribution is 2.20. The van der Waals surface area contributed by atoms with E-state index in [2.05, 4.69) is 31.5 Å². The minimum atomic E-state index is -0.198. The summed E-state index contributed by atoms with van der Waals surface area (Å²) in [4.78, 5) is 0. The Morgan fingerprint density at radius 3 is 2.29 bits per heavy atom. The van der Waals surface area contributed by atoms with Crippen LogP contribution < -0.4 is 5.32 Å². The van der Waals surface area contributed by atoms with Crippen molar-refractivity contribution in [3.8, 4) is 6.07 Å². The lowest BCUT2D eigenvalue weighted by molar-refractivity contribution is 0.426. The van der Waals surface area contributed by atoms with Gasteiger partial charge in [-0.25, -0.2) is 0 Å². The maximum atomic E-state index is 8.82. The van der Waals surface area contributed by atoms with Gasteiger partial charge in [-0.2, -0.15) is 17.0 Å². The molecule has 1 N–H and O–H groups in total. The van der Waals surface area contributed by atoms with Crippen LogP contribution in [0.25, 0.3) is 0 Å².